The number of thiophene rings is 1. The molecule has 3 rings (SSSR count). The van der Waals surface area contributed by atoms with E-state index in [1.165, 1.54) is 21.2 Å². The molecule has 0 bridgehead atoms. The molecule has 0 radical (unpaired) electrons. The molecule has 2 N–H and O–H groups in total. The van der Waals surface area contributed by atoms with Crippen LogP contribution < -0.4 is 5.73 Å². The van der Waals surface area contributed by atoms with Gasteiger partial charge in [-0.2, -0.15) is 0 Å². The minimum atomic E-state index is 0.161. The highest BCUT2D eigenvalue weighted by molar-refractivity contribution is 9.10. The smallest absolute Gasteiger partial charge is 0.0345 e. The van der Waals surface area contributed by atoms with Crippen LogP contribution in [0.2, 0.25) is 0 Å². The van der Waals surface area contributed by atoms with Crippen molar-refractivity contribution in [1.29, 1.82) is 0 Å². The molecule has 0 amide bonds. The van der Waals surface area contributed by atoms with E-state index in [4.69, 9.17) is 5.73 Å². The lowest BCUT2D eigenvalue weighted by molar-refractivity contribution is 0.668. The zero-order valence-corrected chi connectivity index (χ0v) is 13.5. The van der Waals surface area contributed by atoms with Gasteiger partial charge in [0, 0.05) is 15.2 Å². The van der Waals surface area contributed by atoms with E-state index in [9.17, 15) is 0 Å². The van der Waals surface area contributed by atoms with Crippen LogP contribution in [0.15, 0.2) is 58.4 Å². The molecule has 1 unspecified atom stereocenters. The van der Waals surface area contributed by atoms with Crippen molar-refractivity contribution >= 4 is 37.4 Å². The van der Waals surface area contributed by atoms with Crippen molar-refractivity contribution in [2.45, 2.75) is 18.9 Å². The Labute approximate surface area is 131 Å². The van der Waals surface area contributed by atoms with Crippen LogP contribution in [0.4, 0.5) is 0 Å². The van der Waals surface area contributed by atoms with Gasteiger partial charge < -0.3 is 5.73 Å². The Hall–Kier alpha value is -1.16. The second-order valence-corrected chi connectivity index (χ2v) is 6.88. The van der Waals surface area contributed by atoms with Crippen LogP contribution in [-0.4, -0.2) is 6.04 Å². The van der Waals surface area contributed by atoms with Gasteiger partial charge in [0.25, 0.3) is 0 Å². The number of nitrogens with two attached hydrogens (primary N) is 1. The lowest BCUT2D eigenvalue weighted by atomic mass is 9.99. The molecule has 1 heterocycles. The van der Waals surface area contributed by atoms with E-state index in [-0.39, 0.29) is 6.04 Å². The first-order chi connectivity index (χ1) is 9.72. The summed E-state index contributed by atoms with van der Waals surface area (Å²) in [6.45, 7) is 0. The maximum absolute atomic E-state index is 6.32. The van der Waals surface area contributed by atoms with Crippen LogP contribution in [0.5, 0.6) is 0 Å². The fraction of sp³-hybridized carbons (Fsp3) is 0.176. The Morgan fingerprint density at radius 2 is 1.75 bits per heavy atom. The predicted molar refractivity (Wildman–Crippen MR) is 91.4 cm³/mol. The van der Waals surface area contributed by atoms with Crippen LogP contribution >= 0.6 is 27.3 Å². The predicted octanol–water partition coefficient (Wildman–Crippen LogP) is 4.78. The number of rotatable bonds is 4. The first kappa shape index (κ1) is 13.8. The molecule has 0 aliphatic heterocycles. The molecule has 0 spiro atoms. The van der Waals surface area contributed by atoms with Crippen molar-refractivity contribution in [1.82, 2.24) is 0 Å². The molecule has 0 aliphatic carbocycles. The zero-order chi connectivity index (χ0) is 13.9. The van der Waals surface area contributed by atoms with E-state index < -0.39 is 0 Å². The van der Waals surface area contributed by atoms with Crippen molar-refractivity contribution in [3.8, 4) is 0 Å². The van der Waals surface area contributed by atoms with Gasteiger partial charge in [0.15, 0.2) is 0 Å². The van der Waals surface area contributed by atoms with Gasteiger partial charge in [0.1, 0.15) is 0 Å². The van der Waals surface area contributed by atoms with Gasteiger partial charge in [0.2, 0.25) is 0 Å². The second kappa shape index (κ2) is 6.08. The number of benzene rings is 2. The maximum atomic E-state index is 6.32. The first-order valence-corrected chi connectivity index (χ1v) is 8.35. The van der Waals surface area contributed by atoms with E-state index in [1.807, 2.05) is 0 Å². The van der Waals surface area contributed by atoms with Gasteiger partial charge >= 0.3 is 0 Å². The van der Waals surface area contributed by atoms with Gasteiger partial charge in [-0.1, -0.05) is 46.3 Å². The minimum absolute atomic E-state index is 0.161. The lowest BCUT2D eigenvalue weighted by Gasteiger charge is -2.11. The summed E-state index contributed by atoms with van der Waals surface area (Å²) in [5.74, 6) is 0. The van der Waals surface area contributed by atoms with Crippen LogP contribution in [0, 0.1) is 0 Å². The third kappa shape index (κ3) is 3.11. The molecule has 0 saturated heterocycles. The molecule has 0 saturated carbocycles. The fourth-order valence-corrected chi connectivity index (χ4v) is 3.71. The van der Waals surface area contributed by atoms with E-state index in [1.54, 1.807) is 11.3 Å². The molecule has 0 aliphatic rings. The molecular formula is C17H16BrNS. The van der Waals surface area contributed by atoms with Gasteiger partial charge in [-0.15, -0.1) is 11.3 Å². The molecule has 1 nitrogen and oxygen atoms in total. The largest absolute Gasteiger partial charge is 0.327 e. The van der Waals surface area contributed by atoms with E-state index in [0.717, 1.165) is 17.3 Å². The summed E-state index contributed by atoms with van der Waals surface area (Å²) in [7, 11) is 0. The summed E-state index contributed by atoms with van der Waals surface area (Å²) >= 11 is 5.26. The van der Waals surface area contributed by atoms with E-state index in [0.29, 0.717) is 0 Å². The van der Waals surface area contributed by atoms with Crippen molar-refractivity contribution in [2.24, 2.45) is 5.73 Å². The number of fused-ring (bicyclic) bond motifs is 1. The maximum Gasteiger partial charge on any atom is 0.0345 e. The fourth-order valence-electron chi connectivity index (χ4n) is 2.47. The van der Waals surface area contributed by atoms with Crippen LogP contribution in [0.25, 0.3) is 10.1 Å². The summed E-state index contributed by atoms with van der Waals surface area (Å²) in [5.41, 5.74) is 8.98. The van der Waals surface area contributed by atoms with Gasteiger partial charge in [-0.25, -0.2) is 0 Å². The van der Waals surface area contributed by atoms with Crippen molar-refractivity contribution in [3.05, 3.63) is 69.5 Å². The summed E-state index contributed by atoms with van der Waals surface area (Å²) < 4.78 is 2.46. The Kier molecular flexibility index (Phi) is 4.20. The molecule has 3 heteroatoms. The average molecular weight is 346 g/mol. The summed E-state index contributed by atoms with van der Waals surface area (Å²) in [5, 5.41) is 3.59. The second-order valence-electron chi connectivity index (χ2n) is 5.05. The number of hydrogen-bond acceptors (Lipinski definition) is 2. The highest BCUT2D eigenvalue weighted by atomic mass is 79.9. The SMILES string of the molecule is NC(Cc1ccc(Br)cc1)Cc1csc2ccccc12. The minimum Gasteiger partial charge on any atom is -0.327 e. The van der Waals surface area contributed by atoms with Crippen LogP contribution in [0.1, 0.15) is 11.1 Å². The Bertz CT molecular complexity index is 702. The average Bonchev–Trinajstić information content (AvgIpc) is 2.85. The summed E-state index contributed by atoms with van der Waals surface area (Å²) in [6.07, 6.45) is 1.84. The summed E-state index contributed by atoms with van der Waals surface area (Å²) in [6, 6.07) is 17.1. The van der Waals surface area contributed by atoms with Crippen LogP contribution in [-0.2, 0) is 12.8 Å². The monoisotopic (exact) mass is 345 g/mol. The van der Waals surface area contributed by atoms with Crippen molar-refractivity contribution < 1.29 is 0 Å². The molecule has 0 fully saturated rings. The normalized spacial score (nSPS) is 12.7. The summed E-state index contributed by atoms with van der Waals surface area (Å²) in [4.78, 5) is 0. The zero-order valence-electron chi connectivity index (χ0n) is 11.1. The van der Waals surface area contributed by atoms with Crippen molar-refractivity contribution in [3.63, 3.8) is 0 Å². The number of halogens is 1. The third-order valence-electron chi connectivity index (χ3n) is 3.45. The molecule has 2 aromatic carbocycles. The molecule has 1 atom stereocenters. The van der Waals surface area contributed by atoms with Gasteiger partial charge in [0.05, 0.1) is 0 Å². The topological polar surface area (TPSA) is 26.0 Å². The molecule has 1 aromatic heterocycles. The Balaban J connectivity index is 1.72. The number of hydrogen-bond donors (Lipinski definition) is 1. The third-order valence-corrected chi connectivity index (χ3v) is 5.00. The Morgan fingerprint density at radius 3 is 2.55 bits per heavy atom. The highest BCUT2D eigenvalue weighted by Crippen LogP contribution is 2.26. The lowest BCUT2D eigenvalue weighted by Crippen LogP contribution is -2.25. The van der Waals surface area contributed by atoms with E-state index in [2.05, 4.69) is 69.8 Å². The quantitative estimate of drug-likeness (QED) is 0.723. The molecule has 20 heavy (non-hydrogen) atoms. The first-order valence-electron chi connectivity index (χ1n) is 6.67. The molecule has 102 valence electrons. The van der Waals surface area contributed by atoms with Gasteiger partial charge in [-0.05, 0) is 52.9 Å². The Morgan fingerprint density at radius 1 is 1.00 bits per heavy atom. The molecular weight excluding hydrogens is 330 g/mol. The van der Waals surface area contributed by atoms with Crippen molar-refractivity contribution in [2.75, 3.05) is 0 Å². The van der Waals surface area contributed by atoms with Gasteiger partial charge in [-0.3, -0.25) is 0 Å². The standard InChI is InChI=1S/C17H16BrNS/c18-14-7-5-12(6-8-14)9-15(19)10-13-11-20-17-4-2-1-3-16(13)17/h1-8,11,15H,9-10,19H2. The highest BCUT2D eigenvalue weighted by Gasteiger charge is 2.09. The van der Waals surface area contributed by atoms with Crippen LogP contribution in [0.3, 0.4) is 0 Å². The van der Waals surface area contributed by atoms with E-state index >= 15 is 0 Å². The molecule has 3 aromatic rings.